The van der Waals surface area contributed by atoms with Gasteiger partial charge in [-0.05, 0) is 37.3 Å². The number of nitrogens with one attached hydrogen (secondary N) is 1. The molecule has 0 bridgehead atoms. The van der Waals surface area contributed by atoms with Gasteiger partial charge in [-0.1, -0.05) is 35.4 Å². The number of aromatic nitrogens is 1. The quantitative estimate of drug-likeness (QED) is 0.646. The van der Waals surface area contributed by atoms with Crippen LogP contribution in [0.4, 0.5) is 5.69 Å². The monoisotopic (exact) mass is 268 g/mol. The first kappa shape index (κ1) is 11.4. The van der Waals surface area contributed by atoms with E-state index >= 15 is 0 Å². The minimum atomic E-state index is 0.449. The predicted octanol–water partition coefficient (Wildman–Crippen LogP) is 4.07. The van der Waals surface area contributed by atoms with E-state index in [2.05, 4.69) is 22.5 Å². The molecule has 0 saturated heterocycles. The van der Waals surface area contributed by atoms with Crippen LogP contribution < -0.4 is 5.32 Å². The Morgan fingerprint density at radius 3 is 2.94 bits per heavy atom. The van der Waals surface area contributed by atoms with Gasteiger partial charge in [0.15, 0.2) is 5.15 Å². The molecule has 3 atom stereocenters. The van der Waals surface area contributed by atoms with Gasteiger partial charge in [0.1, 0.15) is 5.15 Å². The van der Waals surface area contributed by atoms with E-state index in [4.69, 9.17) is 23.2 Å². The van der Waals surface area contributed by atoms with Crippen LogP contribution in [0.2, 0.25) is 10.3 Å². The highest BCUT2D eigenvalue weighted by Crippen LogP contribution is 2.44. The molecule has 17 heavy (non-hydrogen) atoms. The molecule has 3 rings (SSSR count). The second-order valence-corrected chi connectivity index (χ2v) is 5.66. The summed E-state index contributed by atoms with van der Waals surface area (Å²) in [5.41, 5.74) is 1.99. The molecule has 3 unspecified atom stereocenters. The standard InChI is InChI=1S/C13H14Cl2N2/c1-7-5-11(14)17-13(15)12(7)16-10-6-8-3-2-4-9(8)10/h2,4-5,8-10,16H,3,6H2,1H3. The first-order chi connectivity index (χ1) is 8.15. The minimum absolute atomic E-state index is 0.449. The molecule has 0 aromatic carbocycles. The summed E-state index contributed by atoms with van der Waals surface area (Å²) in [4.78, 5) is 4.08. The zero-order valence-electron chi connectivity index (χ0n) is 9.58. The molecule has 0 aliphatic heterocycles. The van der Waals surface area contributed by atoms with Crippen LogP contribution in [-0.4, -0.2) is 11.0 Å². The average molecular weight is 269 g/mol. The summed E-state index contributed by atoms with van der Waals surface area (Å²) in [6.07, 6.45) is 7.05. The highest BCUT2D eigenvalue weighted by molar-refractivity contribution is 6.34. The Morgan fingerprint density at radius 1 is 1.41 bits per heavy atom. The fourth-order valence-electron chi connectivity index (χ4n) is 2.84. The zero-order valence-corrected chi connectivity index (χ0v) is 11.1. The van der Waals surface area contributed by atoms with Crippen LogP contribution in [0.25, 0.3) is 0 Å². The summed E-state index contributed by atoms with van der Waals surface area (Å²) in [5, 5.41) is 4.43. The molecule has 1 heterocycles. The SMILES string of the molecule is Cc1cc(Cl)nc(Cl)c1NC1CC2CC=CC21. The molecule has 1 saturated carbocycles. The summed E-state index contributed by atoms with van der Waals surface area (Å²) in [6, 6.07) is 2.34. The Bertz CT molecular complexity index is 461. The molecule has 1 N–H and O–H groups in total. The van der Waals surface area contributed by atoms with Gasteiger partial charge in [-0.25, -0.2) is 4.98 Å². The highest BCUT2D eigenvalue weighted by atomic mass is 35.5. The van der Waals surface area contributed by atoms with Crippen LogP contribution >= 0.6 is 23.2 Å². The Morgan fingerprint density at radius 2 is 2.24 bits per heavy atom. The lowest BCUT2D eigenvalue weighted by Crippen LogP contribution is -2.43. The van der Waals surface area contributed by atoms with Crippen LogP contribution in [-0.2, 0) is 0 Å². The third kappa shape index (κ3) is 1.94. The maximum Gasteiger partial charge on any atom is 0.154 e. The van der Waals surface area contributed by atoms with Crippen LogP contribution in [0.5, 0.6) is 0 Å². The van der Waals surface area contributed by atoms with Crippen LogP contribution in [0.15, 0.2) is 18.2 Å². The topological polar surface area (TPSA) is 24.9 Å². The lowest BCUT2D eigenvalue weighted by molar-refractivity contribution is 0.218. The summed E-state index contributed by atoms with van der Waals surface area (Å²) in [5.74, 6) is 1.51. The van der Waals surface area contributed by atoms with Gasteiger partial charge in [-0.15, -0.1) is 0 Å². The van der Waals surface area contributed by atoms with Crippen molar-refractivity contribution in [3.63, 3.8) is 0 Å². The Hall–Kier alpha value is -0.730. The number of anilines is 1. The number of halogens is 2. The van der Waals surface area contributed by atoms with Gasteiger partial charge in [0, 0.05) is 12.0 Å². The molecular weight excluding hydrogens is 255 g/mol. The molecule has 2 nitrogen and oxygen atoms in total. The molecule has 0 amide bonds. The molecule has 2 aliphatic carbocycles. The third-order valence-corrected chi connectivity index (χ3v) is 4.30. The maximum atomic E-state index is 6.13. The summed E-state index contributed by atoms with van der Waals surface area (Å²) < 4.78 is 0. The van der Waals surface area contributed by atoms with Gasteiger partial charge in [-0.2, -0.15) is 0 Å². The second kappa shape index (κ2) is 4.18. The molecule has 1 fully saturated rings. The number of hydrogen-bond donors (Lipinski definition) is 1. The molecule has 90 valence electrons. The lowest BCUT2D eigenvalue weighted by atomic mass is 9.71. The number of nitrogens with zero attached hydrogens (tertiary/aromatic N) is 1. The van der Waals surface area contributed by atoms with E-state index in [1.54, 1.807) is 0 Å². The van der Waals surface area contributed by atoms with Crippen molar-refractivity contribution >= 4 is 28.9 Å². The van der Waals surface area contributed by atoms with Crippen molar-refractivity contribution in [3.05, 3.63) is 34.1 Å². The number of hydrogen-bond acceptors (Lipinski definition) is 2. The summed E-state index contributed by atoms with van der Waals surface area (Å²) in [7, 11) is 0. The smallest absolute Gasteiger partial charge is 0.154 e. The minimum Gasteiger partial charge on any atom is -0.379 e. The number of rotatable bonds is 2. The van der Waals surface area contributed by atoms with E-state index in [0.717, 1.165) is 17.2 Å². The first-order valence-corrected chi connectivity index (χ1v) is 6.66. The number of aryl methyl sites for hydroxylation is 1. The molecule has 0 spiro atoms. The van der Waals surface area contributed by atoms with E-state index < -0.39 is 0 Å². The average Bonchev–Trinajstić information content (AvgIpc) is 2.58. The number of pyridine rings is 1. The van der Waals surface area contributed by atoms with E-state index in [1.165, 1.54) is 12.8 Å². The fraction of sp³-hybridized carbons (Fsp3) is 0.462. The van der Waals surface area contributed by atoms with Gasteiger partial charge >= 0.3 is 0 Å². The van der Waals surface area contributed by atoms with Crippen molar-refractivity contribution in [2.75, 3.05) is 5.32 Å². The first-order valence-electron chi connectivity index (χ1n) is 5.91. The lowest BCUT2D eigenvalue weighted by Gasteiger charge is -2.41. The molecule has 2 aliphatic rings. The Balaban J connectivity index is 1.79. The van der Waals surface area contributed by atoms with Gasteiger partial charge < -0.3 is 5.32 Å². The van der Waals surface area contributed by atoms with Gasteiger partial charge in [-0.3, -0.25) is 0 Å². The number of fused-ring (bicyclic) bond motifs is 1. The fourth-order valence-corrected chi connectivity index (χ4v) is 3.42. The van der Waals surface area contributed by atoms with Crippen LogP contribution in [0.1, 0.15) is 18.4 Å². The van der Waals surface area contributed by atoms with Crippen molar-refractivity contribution in [2.45, 2.75) is 25.8 Å². The number of allylic oxidation sites excluding steroid dienone is 1. The largest absolute Gasteiger partial charge is 0.379 e. The molecule has 1 aromatic heterocycles. The second-order valence-electron chi connectivity index (χ2n) is 4.92. The third-order valence-electron chi connectivity index (χ3n) is 3.83. The van der Waals surface area contributed by atoms with Gasteiger partial charge in [0.25, 0.3) is 0 Å². The van der Waals surface area contributed by atoms with E-state index in [-0.39, 0.29) is 0 Å². The van der Waals surface area contributed by atoms with Crippen molar-refractivity contribution < 1.29 is 0 Å². The highest BCUT2D eigenvalue weighted by Gasteiger charge is 2.41. The normalized spacial score (nSPS) is 29.9. The van der Waals surface area contributed by atoms with Gasteiger partial charge in [0.2, 0.25) is 0 Å². The zero-order chi connectivity index (χ0) is 12.0. The van der Waals surface area contributed by atoms with E-state index in [9.17, 15) is 0 Å². The summed E-state index contributed by atoms with van der Waals surface area (Å²) >= 11 is 12.0. The van der Waals surface area contributed by atoms with Crippen molar-refractivity contribution in [1.82, 2.24) is 4.98 Å². The van der Waals surface area contributed by atoms with E-state index in [0.29, 0.717) is 22.3 Å². The van der Waals surface area contributed by atoms with Crippen molar-refractivity contribution in [1.29, 1.82) is 0 Å². The van der Waals surface area contributed by atoms with Crippen LogP contribution in [0, 0.1) is 18.8 Å². The van der Waals surface area contributed by atoms with E-state index in [1.807, 2.05) is 13.0 Å². The predicted molar refractivity (Wildman–Crippen MR) is 71.8 cm³/mol. The molecule has 4 heteroatoms. The summed E-state index contributed by atoms with van der Waals surface area (Å²) in [6.45, 7) is 2.00. The Labute approximate surface area is 111 Å². The van der Waals surface area contributed by atoms with Crippen molar-refractivity contribution in [2.24, 2.45) is 11.8 Å². The molecular formula is C13H14Cl2N2. The molecule has 1 aromatic rings. The maximum absolute atomic E-state index is 6.13. The van der Waals surface area contributed by atoms with Crippen molar-refractivity contribution in [3.8, 4) is 0 Å². The van der Waals surface area contributed by atoms with Gasteiger partial charge in [0.05, 0.1) is 5.69 Å². The van der Waals surface area contributed by atoms with Crippen LogP contribution in [0.3, 0.4) is 0 Å². The Kier molecular flexibility index (Phi) is 2.80. The molecule has 0 radical (unpaired) electrons.